The number of imidazole rings is 1. The first-order chi connectivity index (χ1) is 10.9. The van der Waals surface area contributed by atoms with Crippen LogP contribution in [0.1, 0.15) is 10.4 Å². The summed E-state index contributed by atoms with van der Waals surface area (Å²) >= 11 is 15.7. The fraction of sp³-hybridized carbons (Fsp3) is 0.0667. The number of halogens is 3. The number of nitrogens with one attached hydrogen (secondary N) is 1. The van der Waals surface area contributed by atoms with Crippen molar-refractivity contribution in [3.05, 3.63) is 50.4 Å². The van der Waals surface area contributed by atoms with Crippen molar-refractivity contribution in [2.24, 2.45) is 7.05 Å². The van der Waals surface area contributed by atoms with Gasteiger partial charge in [-0.25, -0.2) is 9.78 Å². The molecule has 0 saturated heterocycles. The van der Waals surface area contributed by atoms with Crippen LogP contribution in [0.5, 0.6) is 0 Å². The summed E-state index contributed by atoms with van der Waals surface area (Å²) in [5.74, 6) is -0.514. The second-order valence-electron chi connectivity index (χ2n) is 4.85. The molecule has 0 spiro atoms. The molecule has 1 heterocycles. The minimum atomic E-state index is -1.01. The summed E-state index contributed by atoms with van der Waals surface area (Å²) < 4.78 is 2.44. The van der Waals surface area contributed by atoms with E-state index < -0.39 is 5.97 Å². The monoisotopic (exact) mass is 413 g/mol. The number of aromatic nitrogens is 2. The molecule has 8 heteroatoms. The summed E-state index contributed by atoms with van der Waals surface area (Å²) in [4.78, 5) is 15.6. The lowest BCUT2D eigenvalue weighted by molar-refractivity contribution is 0.0697. The van der Waals surface area contributed by atoms with E-state index >= 15 is 0 Å². The van der Waals surface area contributed by atoms with Crippen LogP contribution in [0, 0.1) is 0 Å². The molecule has 0 aliphatic carbocycles. The van der Waals surface area contributed by atoms with Gasteiger partial charge in [-0.3, -0.25) is 0 Å². The van der Waals surface area contributed by atoms with E-state index in [9.17, 15) is 4.79 Å². The van der Waals surface area contributed by atoms with Crippen molar-refractivity contribution < 1.29 is 9.90 Å². The number of fused-ring (bicyclic) bond motifs is 1. The maximum atomic E-state index is 11.2. The van der Waals surface area contributed by atoms with Gasteiger partial charge in [-0.2, -0.15) is 0 Å². The molecule has 23 heavy (non-hydrogen) atoms. The third-order valence-electron chi connectivity index (χ3n) is 3.37. The lowest BCUT2D eigenvalue weighted by Gasteiger charge is -2.10. The summed E-state index contributed by atoms with van der Waals surface area (Å²) in [7, 11) is 1.81. The standard InChI is InChI=1S/C15H10BrCl2N3O2/c1-21-13-8(16)5-7(14(22)23)6-11(13)19-15(21)20-12-9(17)3-2-4-10(12)18/h2-6H,1H3,(H,19,20)(H,22,23). The molecule has 0 fully saturated rings. The zero-order chi connectivity index (χ0) is 16.7. The molecule has 0 aliphatic heterocycles. The van der Waals surface area contributed by atoms with Crippen LogP contribution in [-0.4, -0.2) is 20.6 Å². The van der Waals surface area contributed by atoms with Crippen molar-refractivity contribution >= 4 is 67.8 Å². The van der Waals surface area contributed by atoms with E-state index in [1.807, 2.05) is 7.05 Å². The summed E-state index contributed by atoms with van der Waals surface area (Å²) in [6.45, 7) is 0. The van der Waals surface area contributed by atoms with Gasteiger partial charge in [0.15, 0.2) is 0 Å². The Kier molecular flexibility index (Phi) is 4.23. The number of hydrogen-bond acceptors (Lipinski definition) is 3. The van der Waals surface area contributed by atoms with E-state index in [1.165, 1.54) is 6.07 Å². The van der Waals surface area contributed by atoms with Crippen molar-refractivity contribution in [3.63, 3.8) is 0 Å². The Labute approximate surface area is 150 Å². The number of carbonyl (C=O) groups is 1. The number of hydrogen-bond donors (Lipinski definition) is 2. The van der Waals surface area contributed by atoms with Gasteiger partial charge >= 0.3 is 5.97 Å². The van der Waals surface area contributed by atoms with Crippen molar-refractivity contribution in [1.82, 2.24) is 9.55 Å². The van der Waals surface area contributed by atoms with E-state index in [0.29, 0.717) is 31.7 Å². The Morgan fingerprint density at radius 3 is 2.57 bits per heavy atom. The highest BCUT2D eigenvalue weighted by Gasteiger charge is 2.16. The average Bonchev–Trinajstić information content (AvgIpc) is 2.79. The van der Waals surface area contributed by atoms with E-state index in [2.05, 4.69) is 26.2 Å². The molecule has 0 atom stereocenters. The SMILES string of the molecule is Cn1c(Nc2c(Cl)cccc2Cl)nc2cc(C(=O)O)cc(Br)c21. The summed E-state index contributed by atoms with van der Waals surface area (Å²) in [5, 5.41) is 13.2. The molecule has 0 amide bonds. The molecular weight excluding hydrogens is 405 g/mol. The Morgan fingerprint density at radius 2 is 1.96 bits per heavy atom. The van der Waals surface area contributed by atoms with Gasteiger partial charge in [0.2, 0.25) is 5.95 Å². The van der Waals surface area contributed by atoms with Crippen LogP contribution in [0.3, 0.4) is 0 Å². The Morgan fingerprint density at radius 1 is 1.30 bits per heavy atom. The maximum absolute atomic E-state index is 11.2. The second kappa shape index (κ2) is 6.03. The molecule has 1 aromatic heterocycles. The lowest BCUT2D eigenvalue weighted by Crippen LogP contribution is -2.00. The highest BCUT2D eigenvalue weighted by atomic mass is 79.9. The fourth-order valence-electron chi connectivity index (χ4n) is 2.26. The Bertz CT molecular complexity index is 920. The summed E-state index contributed by atoms with van der Waals surface area (Å²) in [6.07, 6.45) is 0. The quantitative estimate of drug-likeness (QED) is 0.626. The van der Waals surface area contributed by atoms with Gasteiger partial charge in [0.05, 0.1) is 32.3 Å². The van der Waals surface area contributed by atoms with Crippen molar-refractivity contribution in [1.29, 1.82) is 0 Å². The van der Waals surface area contributed by atoms with Gasteiger partial charge in [0.25, 0.3) is 0 Å². The number of para-hydroxylation sites is 1. The molecule has 0 aliphatic rings. The molecule has 3 rings (SSSR count). The van der Waals surface area contributed by atoms with Gasteiger partial charge in [-0.05, 0) is 40.2 Å². The molecule has 0 bridgehead atoms. The first-order valence-corrected chi connectivity index (χ1v) is 8.03. The topological polar surface area (TPSA) is 67.2 Å². The molecule has 2 N–H and O–H groups in total. The number of aromatic carboxylic acids is 1. The molecule has 2 aromatic carbocycles. The number of nitrogens with zero attached hydrogens (tertiary/aromatic N) is 2. The minimum absolute atomic E-state index is 0.157. The van der Waals surface area contributed by atoms with Crippen LogP contribution in [-0.2, 0) is 7.05 Å². The number of anilines is 2. The zero-order valence-electron chi connectivity index (χ0n) is 11.8. The van der Waals surface area contributed by atoms with Gasteiger partial charge in [0.1, 0.15) is 0 Å². The second-order valence-corrected chi connectivity index (χ2v) is 6.52. The summed E-state index contributed by atoms with van der Waals surface area (Å²) in [6, 6.07) is 8.24. The molecular formula is C15H10BrCl2N3O2. The fourth-order valence-corrected chi connectivity index (χ4v) is 3.47. The normalized spacial score (nSPS) is 11.0. The predicted octanol–water partition coefficient (Wildman–Crippen LogP) is 5.08. The Hall–Kier alpha value is -1.76. The highest BCUT2D eigenvalue weighted by Crippen LogP contribution is 2.34. The minimum Gasteiger partial charge on any atom is -0.478 e. The number of carboxylic acid groups (broad SMARTS) is 1. The lowest BCUT2D eigenvalue weighted by atomic mass is 10.2. The van der Waals surface area contributed by atoms with Crippen LogP contribution < -0.4 is 5.32 Å². The van der Waals surface area contributed by atoms with Gasteiger partial charge < -0.3 is 15.0 Å². The molecule has 0 saturated carbocycles. The number of benzene rings is 2. The zero-order valence-corrected chi connectivity index (χ0v) is 14.9. The van der Waals surface area contributed by atoms with Gasteiger partial charge in [-0.1, -0.05) is 29.3 Å². The number of rotatable bonds is 3. The highest BCUT2D eigenvalue weighted by molar-refractivity contribution is 9.10. The third kappa shape index (κ3) is 2.89. The molecule has 0 unspecified atom stereocenters. The van der Waals surface area contributed by atoms with Crippen molar-refractivity contribution in [2.75, 3.05) is 5.32 Å². The van der Waals surface area contributed by atoms with E-state index in [1.54, 1.807) is 28.8 Å². The molecule has 0 radical (unpaired) electrons. The van der Waals surface area contributed by atoms with Crippen LogP contribution in [0.25, 0.3) is 11.0 Å². The van der Waals surface area contributed by atoms with E-state index in [-0.39, 0.29) is 5.56 Å². The third-order valence-corrected chi connectivity index (χ3v) is 4.60. The number of carboxylic acids is 1. The molecule has 118 valence electrons. The number of aryl methyl sites for hydroxylation is 1. The summed E-state index contributed by atoms with van der Waals surface area (Å²) in [5.41, 5.74) is 2.01. The van der Waals surface area contributed by atoms with Crippen LogP contribution in [0.2, 0.25) is 10.0 Å². The Balaban J connectivity index is 2.14. The van der Waals surface area contributed by atoms with E-state index in [4.69, 9.17) is 28.3 Å². The molecule has 3 aromatic rings. The first-order valence-electron chi connectivity index (χ1n) is 6.49. The van der Waals surface area contributed by atoms with Crippen molar-refractivity contribution in [3.8, 4) is 0 Å². The van der Waals surface area contributed by atoms with Crippen LogP contribution >= 0.6 is 39.1 Å². The first kappa shape index (κ1) is 16.1. The predicted molar refractivity (Wildman–Crippen MR) is 95.1 cm³/mol. The largest absolute Gasteiger partial charge is 0.478 e. The van der Waals surface area contributed by atoms with Gasteiger partial charge in [-0.15, -0.1) is 0 Å². The van der Waals surface area contributed by atoms with Crippen LogP contribution in [0.4, 0.5) is 11.6 Å². The van der Waals surface area contributed by atoms with Gasteiger partial charge in [0, 0.05) is 11.5 Å². The van der Waals surface area contributed by atoms with E-state index in [0.717, 1.165) is 5.52 Å². The maximum Gasteiger partial charge on any atom is 0.335 e. The van der Waals surface area contributed by atoms with Crippen molar-refractivity contribution in [2.45, 2.75) is 0 Å². The van der Waals surface area contributed by atoms with Crippen LogP contribution in [0.15, 0.2) is 34.8 Å². The average molecular weight is 415 g/mol. The smallest absolute Gasteiger partial charge is 0.335 e. The molecule has 5 nitrogen and oxygen atoms in total.